The number of hydrogen-bond acceptors (Lipinski definition) is 5. The molecule has 2 heterocycles. The second-order valence-electron chi connectivity index (χ2n) is 4.55. The lowest BCUT2D eigenvalue weighted by atomic mass is 10.3. The Morgan fingerprint density at radius 1 is 1.52 bits per heavy atom. The van der Waals surface area contributed by atoms with Gasteiger partial charge < -0.3 is 11.1 Å². The number of nitrogens with one attached hydrogen (secondary N) is 1. The average molecular weight is 356 g/mol. The van der Waals surface area contributed by atoms with Crippen LogP contribution >= 0.6 is 15.9 Å². The van der Waals surface area contributed by atoms with Crippen molar-refractivity contribution in [3.8, 4) is 0 Å². The molecule has 0 bridgehead atoms. The summed E-state index contributed by atoms with van der Waals surface area (Å²) >= 11 is 3.55. The molecule has 0 aliphatic carbocycles. The third kappa shape index (κ3) is 3.67. The highest BCUT2D eigenvalue weighted by atomic mass is 79.9. The molecule has 2 aromatic heterocycles. The third-order valence-electron chi connectivity index (χ3n) is 3.00. The predicted molar refractivity (Wildman–Crippen MR) is 80.4 cm³/mol. The monoisotopic (exact) mass is 355 g/mol. The maximum absolute atomic E-state index is 11.1. The number of aryl methyl sites for hydroxylation is 2. The SMILES string of the molecule is CCn1nc(C)c(Br)c1Cn1cc(CNC(=O)CN)nn1. The lowest BCUT2D eigenvalue weighted by Crippen LogP contribution is -2.29. The molecule has 2 rings (SSSR count). The summed E-state index contributed by atoms with van der Waals surface area (Å²) in [5, 5.41) is 15.2. The van der Waals surface area contributed by atoms with E-state index >= 15 is 0 Å². The van der Waals surface area contributed by atoms with E-state index < -0.39 is 0 Å². The van der Waals surface area contributed by atoms with E-state index in [-0.39, 0.29) is 12.5 Å². The molecule has 0 aliphatic rings. The van der Waals surface area contributed by atoms with Gasteiger partial charge in [0, 0.05) is 6.54 Å². The Morgan fingerprint density at radius 2 is 2.29 bits per heavy atom. The lowest BCUT2D eigenvalue weighted by Gasteiger charge is -2.05. The summed E-state index contributed by atoms with van der Waals surface area (Å²) in [6.45, 7) is 5.63. The highest BCUT2D eigenvalue weighted by Gasteiger charge is 2.13. The van der Waals surface area contributed by atoms with Crippen molar-refractivity contribution in [2.75, 3.05) is 6.54 Å². The zero-order valence-corrected chi connectivity index (χ0v) is 13.6. The van der Waals surface area contributed by atoms with Crippen molar-refractivity contribution in [1.29, 1.82) is 0 Å². The fraction of sp³-hybridized carbons (Fsp3) is 0.500. The van der Waals surface area contributed by atoms with Gasteiger partial charge in [0.1, 0.15) is 5.69 Å². The van der Waals surface area contributed by atoms with Crippen LogP contribution in [0.25, 0.3) is 0 Å². The molecule has 114 valence electrons. The zero-order valence-electron chi connectivity index (χ0n) is 12.0. The van der Waals surface area contributed by atoms with Gasteiger partial charge in [-0.1, -0.05) is 5.21 Å². The van der Waals surface area contributed by atoms with Crippen LogP contribution < -0.4 is 11.1 Å². The van der Waals surface area contributed by atoms with E-state index in [4.69, 9.17) is 5.73 Å². The van der Waals surface area contributed by atoms with Crippen LogP contribution in [0.4, 0.5) is 0 Å². The van der Waals surface area contributed by atoms with Gasteiger partial charge in [-0.25, -0.2) is 4.68 Å². The number of rotatable bonds is 6. The molecule has 0 saturated carbocycles. The van der Waals surface area contributed by atoms with Crippen molar-refractivity contribution in [2.45, 2.75) is 33.5 Å². The van der Waals surface area contributed by atoms with E-state index in [9.17, 15) is 4.79 Å². The van der Waals surface area contributed by atoms with Crippen LogP contribution in [0.3, 0.4) is 0 Å². The largest absolute Gasteiger partial charge is 0.349 e. The van der Waals surface area contributed by atoms with Crippen LogP contribution in [0.2, 0.25) is 0 Å². The molecule has 3 N–H and O–H groups in total. The summed E-state index contributed by atoms with van der Waals surface area (Å²) in [4.78, 5) is 11.1. The van der Waals surface area contributed by atoms with Gasteiger partial charge in [-0.15, -0.1) is 5.10 Å². The van der Waals surface area contributed by atoms with Gasteiger partial charge in [-0.05, 0) is 29.8 Å². The van der Waals surface area contributed by atoms with Crippen LogP contribution in [0.15, 0.2) is 10.7 Å². The molecule has 1 amide bonds. The maximum Gasteiger partial charge on any atom is 0.234 e. The van der Waals surface area contributed by atoms with Crippen molar-refractivity contribution >= 4 is 21.8 Å². The topological polar surface area (TPSA) is 104 Å². The molecule has 8 nitrogen and oxygen atoms in total. The van der Waals surface area contributed by atoms with Crippen LogP contribution in [0.5, 0.6) is 0 Å². The van der Waals surface area contributed by atoms with Crippen molar-refractivity contribution in [2.24, 2.45) is 5.73 Å². The first kappa shape index (κ1) is 15.6. The number of aromatic nitrogens is 5. The average Bonchev–Trinajstić information content (AvgIpc) is 3.04. The summed E-state index contributed by atoms with van der Waals surface area (Å²) in [6, 6.07) is 0. The van der Waals surface area contributed by atoms with Gasteiger partial charge in [-0.2, -0.15) is 5.10 Å². The summed E-state index contributed by atoms with van der Waals surface area (Å²) < 4.78 is 4.63. The minimum Gasteiger partial charge on any atom is -0.349 e. The number of nitrogens with two attached hydrogens (primary N) is 1. The minimum atomic E-state index is -0.216. The minimum absolute atomic E-state index is 0.0317. The van der Waals surface area contributed by atoms with Crippen molar-refractivity contribution in [3.05, 3.63) is 27.8 Å². The lowest BCUT2D eigenvalue weighted by molar-refractivity contribution is -0.119. The van der Waals surface area contributed by atoms with Gasteiger partial charge in [0.2, 0.25) is 5.91 Å². The van der Waals surface area contributed by atoms with Crippen molar-refractivity contribution in [1.82, 2.24) is 30.1 Å². The quantitative estimate of drug-likeness (QED) is 0.769. The first-order chi connectivity index (χ1) is 10.0. The number of nitrogens with zero attached hydrogens (tertiary/aromatic N) is 5. The molecule has 0 spiro atoms. The summed E-state index contributed by atoms with van der Waals surface area (Å²) in [7, 11) is 0. The number of carbonyl (C=O) groups is 1. The Bertz CT molecular complexity index is 634. The number of amides is 1. The molecular formula is C12H18BrN7O. The molecule has 0 fully saturated rings. The number of carbonyl (C=O) groups excluding carboxylic acids is 1. The molecule has 0 atom stereocenters. The predicted octanol–water partition coefficient (Wildman–Crippen LogP) is 0.189. The standard InChI is InChI=1S/C12H18BrN7O/c1-3-20-10(12(13)8(2)17-20)7-19-6-9(16-18-19)5-15-11(21)4-14/h6H,3-5,7,14H2,1-2H3,(H,15,21). The fourth-order valence-corrected chi connectivity index (χ4v) is 2.34. The molecular weight excluding hydrogens is 338 g/mol. The Morgan fingerprint density at radius 3 is 2.95 bits per heavy atom. The Balaban J connectivity index is 2.07. The van der Waals surface area contributed by atoms with Gasteiger partial charge >= 0.3 is 0 Å². The maximum atomic E-state index is 11.1. The van der Waals surface area contributed by atoms with E-state index in [1.807, 2.05) is 18.5 Å². The second kappa shape index (κ2) is 6.81. The van der Waals surface area contributed by atoms with Gasteiger partial charge in [0.15, 0.2) is 0 Å². The summed E-state index contributed by atoms with van der Waals surface area (Å²) in [6.07, 6.45) is 1.80. The number of hydrogen-bond donors (Lipinski definition) is 2. The van der Waals surface area contributed by atoms with Gasteiger partial charge in [0.25, 0.3) is 0 Å². The zero-order chi connectivity index (χ0) is 15.4. The molecule has 0 unspecified atom stereocenters. The highest BCUT2D eigenvalue weighted by molar-refractivity contribution is 9.10. The van der Waals surface area contributed by atoms with E-state index in [1.165, 1.54) is 0 Å². The van der Waals surface area contributed by atoms with Gasteiger partial charge in [0.05, 0.1) is 41.7 Å². The van der Waals surface area contributed by atoms with Crippen LogP contribution in [0.1, 0.15) is 24.0 Å². The van der Waals surface area contributed by atoms with E-state index in [2.05, 4.69) is 36.7 Å². The Hall–Kier alpha value is -1.74. The molecule has 0 aromatic carbocycles. The molecule has 0 saturated heterocycles. The first-order valence-corrected chi connectivity index (χ1v) is 7.42. The van der Waals surface area contributed by atoms with Crippen molar-refractivity contribution in [3.63, 3.8) is 0 Å². The third-order valence-corrected chi connectivity index (χ3v) is 4.03. The van der Waals surface area contributed by atoms with E-state index in [1.54, 1.807) is 10.9 Å². The molecule has 9 heteroatoms. The van der Waals surface area contributed by atoms with Crippen LogP contribution in [-0.4, -0.2) is 37.2 Å². The van der Waals surface area contributed by atoms with Crippen LogP contribution in [0, 0.1) is 6.92 Å². The molecule has 0 aliphatic heterocycles. The first-order valence-electron chi connectivity index (χ1n) is 6.62. The fourth-order valence-electron chi connectivity index (χ4n) is 1.93. The van der Waals surface area contributed by atoms with Gasteiger partial charge in [-0.3, -0.25) is 9.48 Å². The highest BCUT2D eigenvalue weighted by Crippen LogP contribution is 2.21. The second-order valence-corrected chi connectivity index (χ2v) is 5.34. The van der Waals surface area contributed by atoms with Crippen LogP contribution in [-0.2, 0) is 24.4 Å². The molecule has 2 aromatic rings. The van der Waals surface area contributed by atoms with E-state index in [0.29, 0.717) is 18.8 Å². The van der Waals surface area contributed by atoms with E-state index in [0.717, 1.165) is 22.4 Å². The number of halogens is 1. The Labute approximate surface area is 130 Å². The molecule has 21 heavy (non-hydrogen) atoms. The smallest absolute Gasteiger partial charge is 0.234 e. The molecule has 0 radical (unpaired) electrons. The summed E-state index contributed by atoms with van der Waals surface area (Å²) in [5.74, 6) is -0.216. The summed E-state index contributed by atoms with van der Waals surface area (Å²) in [5.41, 5.74) is 7.90. The Kier molecular flexibility index (Phi) is 5.07. The van der Waals surface area contributed by atoms with Crippen molar-refractivity contribution < 1.29 is 4.79 Å². The normalized spacial score (nSPS) is 10.9.